The fourth-order valence-electron chi connectivity index (χ4n) is 1.59. The molecule has 0 radical (unpaired) electrons. The van der Waals surface area contributed by atoms with E-state index in [0.29, 0.717) is 12.1 Å². The normalized spacial score (nSPS) is 12.7. The third-order valence-electron chi connectivity index (χ3n) is 2.63. The van der Waals surface area contributed by atoms with E-state index >= 15 is 0 Å². The van der Waals surface area contributed by atoms with Crippen LogP contribution in [0.25, 0.3) is 0 Å². The average Bonchev–Trinajstić information content (AvgIpc) is 2.74. The number of halogens is 3. The van der Waals surface area contributed by atoms with Gasteiger partial charge in [0, 0.05) is 29.1 Å². The average molecular weight is 332 g/mol. The topological polar surface area (TPSA) is 12.0 Å². The Hall–Kier alpha value is -0.780. The second kappa shape index (κ2) is 5.91. The van der Waals surface area contributed by atoms with Gasteiger partial charge in [-0.3, -0.25) is 0 Å². The Morgan fingerprint density at radius 1 is 1.28 bits per heavy atom. The Morgan fingerprint density at radius 2 is 2.06 bits per heavy atom. The Morgan fingerprint density at radius 3 is 2.67 bits per heavy atom. The van der Waals surface area contributed by atoms with Crippen LogP contribution in [0.3, 0.4) is 0 Å². The molecule has 0 bridgehead atoms. The van der Waals surface area contributed by atoms with Crippen molar-refractivity contribution in [1.82, 2.24) is 5.32 Å². The first-order valence-electron chi connectivity index (χ1n) is 5.49. The first kappa shape index (κ1) is 13.6. The first-order chi connectivity index (χ1) is 8.56. The molecule has 1 nitrogen and oxygen atoms in total. The SMILES string of the molecule is CC(NCc1ccc(F)cc1F)c1ccc(Br)s1. The standard InChI is InChI=1S/C13H12BrF2NS/c1-8(12-4-5-13(14)18-12)17-7-9-2-3-10(15)6-11(9)16/h2-6,8,17H,7H2,1H3. The number of hydrogen-bond acceptors (Lipinski definition) is 2. The lowest BCUT2D eigenvalue weighted by atomic mass is 10.2. The molecular weight excluding hydrogens is 320 g/mol. The minimum atomic E-state index is -0.550. The smallest absolute Gasteiger partial charge is 0.130 e. The summed E-state index contributed by atoms with van der Waals surface area (Å²) in [6.07, 6.45) is 0. The van der Waals surface area contributed by atoms with Crippen molar-refractivity contribution in [3.05, 3.63) is 56.2 Å². The van der Waals surface area contributed by atoms with E-state index in [1.807, 2.05) is 19.1 Å². The van der Waals surface area contributed by atoms with E-state index in [1.165, 1.54) is 17.0 Å². The van der Waals surface area contributed by atoms with Gasteiger partial charge in [-0.2, -0.15) is 0 Å². The molecule has 1 aromatic carbocycles. The van der Waals surface area contributed by atoms with Crippen LogP contribution in [0.1, 0.15) is 23.4 Å². The number of thiophene rings is 1. The van der Waals surface area contributed by atoms with Crippen LogP contribution in [0.2, 0.25) is 0 Å². The van der Waals surface area contributed by atoms with E-state index < -0.39 is 11.6 Å². The van der Waals surface area contributed by atoms with E-state index in [1.54, 1.807) is 11.3 Å². The molecule has 0 spiro atoms. The van der Waals surface area contributed by atoms with Gasteiger partial charge in [0.2, 0.25) is 0 Å². The van der Waals surface area contributed by atoms with E-state index in [9.17, 15) is 8.78 Å². The van der Waals surface area contributed by atoms with Gasteiger partial charge in [0.25, 0.3) is 0 Å². The van der Waals surface area contributed by atoms with Gasteiger partial charge in [-0.05, 0) is 41.1 Å². The molecule has 5 heteroatoms. The highest BCUT2D eigenvalue weighted by Gasteiger charge is 2.09. The molecule has 18 heavy (non-hydrogen) atoms. The summed E-state index contributed by atoms with van der Waals surface area (Å²) in [5, 5.41) is 3.22. The van der Waals surface area contributed by atoms with Gasteiger partial charge in [-0.25, -0.2) is 8.78 Å². The van der Waals surface area contributed by atoms with Crippen LogP contribution in [-0.2, 0) is 6.54 Å². The quantitative estimate of drug-likeness (QED) is 0.860. The van der Waals surface area contributed by atoms with Gasteiger partial charge < -0.3 is 5.32 Å². The molecular formula is C13H12BrF2NS. The van der Waals surface area contributed by atoms with Crippen molar-refractivity contribution in [3.8, 4) is 0 Å². The van der Waals surface area contributed by atoms with Crippen LogP contribution in [0.5, 0.6) is 0 Å². The summed E-state index contributed by atoms with van der Waals surface area (Å²) in [5.74, 6) is -1.06. The van der Waals surface area contributed by atoms with Crippen LogP contribution in [0.4, 0.5) is 8.78 Å². The lowest BCUT2D eigenvalue weighted by Crippen LogP contribution is -2.17. The first-order valence-corrected chi connectivity index (χ1v) is 7.10. The molecule has 1 unspecified atom stereocenters. The Labute approximate surface area is 117 Å². The second-order valence-electron chi connectivity index (χ2n) is 3.98. The molecule has 1 N–H and O–H groups in total. The van der Waals surface area contributed by atoms with Gasteiger partial charge in [0.05, 0.1) is 3.79 Å². The molecule has 0 aliphatic heterocycles. The largest absolute Gasteiger partial charge is 0.305 e. The lowest BCUT2D eigenvalue weighted by molar-refractivity contribution is 0.537. The summed E-state index contributed by atoms with van der Waals surface area (Å²) in [6, 6.07) is 7.78. The highest BCUT2D eigenvalue weighted by molar-refractivity contribution is 9.11. The number of benzene rings is 1. The molecule has 1 heterocycles. The maximum atomic E-state index is 13.4. The fraction of sp³-hybridized carbons (Fsp3) is 0.231. The maximum Gasteiger partial charge on any atom is 0.130 e. The Balaban J connectivity index is 1.99. The number of rotatable bonds is 4. The van der Waals surface area contributed by atoms with E-state index in [0.717, 1.165) is 9.85 Å². The minimum absolute atomic E-state index is 0.130. The predicted molar refractivity (Wildman–Crippen MR) is 73.6 cm³/mol. The summed E-state index contributed by atoms with van der Waals surface area (Å²) in [7, 11) is 0. The molecule has 2 rings (SSSR count). The van der Waals surface area contributed by atoms with Crippen molar-refractivity contribution in [1.29, 1.82) is 0 Å². The maximum absolute atomic E-state index is 13.4. The molecule has 96 valence electrons. The molecule has 0 amide bonds. The van der Waals surface area contributed by atoms with E-state index in [-0.39, 0.29) is 6.04 Å². The van der Waals surface area contributed by atoms with Gasteiger partial charge >= 0.3 is 0 Å². The van der Waals surface area contributed by atoms with Gasteiger partial charge in [-0.1, -0.05) is 6.07 Å². The van der Waals surface area contributed by atoms with Gasteiger partial charge in [0.1, 0.15) is 11.6 Å². The van der Waals surface area contributed by atoms with Crippen LogP contribution in [0.15, 0.2) is 34.1 Å². The van der Waals surface area contributed by atoms with Crippen LogP contribution in [0, 0.1) is 11.6 Å². The molecule has 0 fully saturated rings. The van der Waals surface area contributed by atoms with Crippen molar-refractivity contribution in [3.63, 3.8) is 0 Å². The summed E-state index contributed by atoms with van der Waals surface area (Å²) in [4.78, 5) is 1.17. The molecule has 0 aliphatic carbocycles. The summed E-state index contributed by atoms with van der Waals surface area (Å²) < 4.78 is 27.2. The zero-order chi connectivity index (χ0) is 13.1. The van der Waals surface area contributed by atoms with Crippen molar-refractivity contribution >= 4 is 27.3 Å². The van der Waals surface area contributed by atoms with Crippen LogP contribution in [-0.4, -0.2) is 0 Å². The number of hydrogen-bond donors (Lipinski definition) is 1. The zero-order valence-corrected chi connectivity index (χ0v) is 12.1. The lowest BCUT2D eigenvalue weighted by Gasteiger charge is -2.12. The molecule has 0 saturated heterocycles. The second-order valence-corrected chi connectivity index (χ2v) is 6.47. The summed E-state index contributed by atoms with van der Waals surface area (Å²) >= 11 is 5.04. The highest BCUT2D eigenvalue weighted by Crippen LogP contribution is 2.27. The molecule has 0 saturated carbocycles. The predicted octanol–water partition coefficient (Wildman–Crippen LogP) is 4.64. The van der Waals surface area contributed by atoms with Crippen molar-refractivity contribution in [2.45, 2.75) is 19.5 Å². The molecule has 1 atom stereocenters. The molecule has 2 aromatic rings. The van der Waals surface area contributed by atoms with Gasteiger partial charge in [0.15, 0.2) is 0 Å². The third kappa shape index (κ3) is 3.37. The monoisotopic (exact) mass is 331 g/mol. The Kier molecular flexibility index (Phi) is 4.48. The Bertz CT molecular complexity index is 542. The molecule has 1 aromatic heterocycles. The highest BCUT2D eigenvalue weighted by atomic mass is 79.9. The fourth-order valence-corrected chi connectivity index (χ4v) is 3.04. The van der Waals surface area contributed by atoms with Crippen LogP contribution < -0.4 is 5.32 Å². The summed E-state index contributed by atoms with van der Waals surface area (Å²) in [5.41, 5.74) is 0.471. The molecule has 0 aliphatic rings. The van der Waals surface area contributed by atoms with E-state index in [2.05, 4.69) is 21.2 Å². The van der Waals surface area contributed by atoms with Crippen LogP contribution >= 0.6 is 27.3 Å². The minimum Gasteiger partial charge on any atom is -0.305 e. The van der Waals surface area contributed by atoms with Crippen molar-refractivity contribution < 1.29 is 8.78 Å². The van der Waals surface area contributed by atoms with Crippen molar-refractivity contribution in [2.24, 2.45) is 0 Å². The third-order valence-corrected chi connectivity index (χ3v) is 4.44. The summed E-state index contributed by atoms with van der Waals surface area (Å²) in [6.45, 7) is 2.39. The zero-order valence-electron chi connectivity index (χ0n) is 9.71. The van der Waals surface area contributed by atoms with Crippen molar-refractivity contribution in [2.75, 3.05) is 0 Å². The number of nitrogens with one attached hydrogen (secondary N) is 1. The van der Waals surface area contributed by atoms with E-state index in [4.69, 9.17) is 0 Å². The van der Waals surface area contributed by atoms with Gasteiger partial charge in [-0.15, -0.1) is 11.3 Å².